The zero-order chi connectivity index (χ0) is 48.9. The molecule has 360 valence electrons. The highest BCUT2D eigenvalue weighted by Gasteiger charge is 2.70. The van der Waals surface area contributed by atoms with Crippen molar-refractivity contribution in [2.45, 2.75) is 179 Å². The molecule has 63 heavy (non-hydrogen) atoms. The van der Waals surface area contributed by atoms with Crippen LogP contribution in [-0.2, 0) is 37.0 Å². The second-order valence-corrected chi connectivity index (χ2v) is 20.0. The van der Waals surface area contributed by atoms with E-state index in [0.29, 0.717) is 47.8 Å². The molecule has 0 spiro atoms. The van der Waals surface area contributed by atoms with E-state index in [-0.39, 0.29) is 22.7 Å². The SMILES string of the molecule is C#C.CC.CC.CC(C)(C)CC=O.CNCc1nc2ccccc2n1CC=O.CO.COC1CCC2(C)C(CCC3(C)C2CCC2C4CCCC4(C=O)CC[C@]23C)C1(C)C.O=CO. The Morgan fingerprint density at radius 3 is 1.92 bits per heavy atom. The van der Waals surface area contributed by atoms with Gasteiger partial charge in [-0.2, -0.15) is 0 Å². The van der Waals surface area contributed by atoms with Crippen LogP contribution in [0.2, 0.25) is 0 Å². The number of terminal acetylenes is 1. The van der Waals surface area contributed by atoms with Crippen LogP contribution >= 0.6 is 0 Å². The molecule has 10 heteroatoms. The lowest BCUT2D eigenvalue weighted by Crippen LogP contribution is -2.66. The number of methoxy groups -OCH3 is 1. The van der Waals surface area contributed by atoms with Gasteiger partial charge in [-0.25, -0.2) is 4.98 Å². The van der Waals surface area contributed by atoms with Gasteiger partial charge in [-0.3, -0.25) is 4.79 Å². The van der Waals surface area contributed by atoms with Gasteiger partial charge in [0.25, 0.3) is 6.47 Å². The molecule has 0 amide bonds. The minimum atomic E-state index is -0.250. The molecule has 0 aliphatic heterocycles. The summed E-state index contributed by atoms with van der Waals surface area (Å²) in [4.78, 5) is 45.5. The van der Waals surface area contributed by atoms with Crippen LogP contribution in [-0.4, -0.2) is 72.5 Å². The summed E-state index contributed by atoms with van der Waals surface area (Å²) in [6, 6.07) is 7.83. The predicted molar refractivity (Wildman–Crippen MR) is 260 cm³/mol. The van der Waals surface area contributed by atoms with Crippen LogP contribution in [0.3, 0.4) is 0 Å². The second kappa shape index (κ2) is 27.2. The lowest BCUT2D eigenvalue weighted by atomic mass is 9.32. The van der Waals surface area contributed by atoms with Crippen LogP contribution < -0.4 is 5.32 Å². The van der Waals surface area contributed by atoms with Crippen molar-refractivity contribution in [3.05, 3.63) is 30.1 Å². The van der Waals surface area contributed by atoms with Crippen molar-refractivity contribution in [3.8, 4) is 12.8 Å². The highest BCUT2D eigenvalue weighted by Crippen LogP contribution is 2.76. The molecule has 7 rings (SSSR count). The fourth-order valence-electron chi connectivity index (χ4n) is 13.2. The van der Waals surface area contributed by atoms with Crippen LogP contribution in [0.1, 0.15) is 166 Å². The van der Waals surface area contributed by atoms with Crippen molar-refractivity contribution in [3.63, 3.8) is 0 Å². The quantitative estimate of drug-likeness (QED) is 0.183. The summed E-state index contributed by atoms with van der Waals surface area (Å²) >= 11 is 0. The standard InChI is InChI=1S/C28H46O2.C11H13N3O.C6H12O.2C2H6.C2H2.CH2O2.CH4O/c1-24(2)21-11-15-27(5)22(25(21,3)14-12-23(24)30-6)10-9-19-20-8-7-13-28(20,18-29)17-16-26(19,27)4;1-12-8-11-13-9-4-2-3-5-10(9)14(11)6-7-15;1-6(2,3)4-5-7;3*1-2;2-1-3;1-2/h18-23H,7-17H2,1-6H3;2-5,7,12H,6,8H2,1H3;5H,4H2,1-3H3;2*1-2H3;1-2H;1H,(H,2,3);2H,1H3/t19?,20?,21?,22?,23?,25?,26-,27?,28?;;;;;;;/m1......./s1. The van der Waals surface area contributed by atoms with Gasteiger partial charge < -0.3 is 39.2 Å². The third-order valence-corrected chi connectivity index (χ3v) is 15.9. The van der Waals surface area contributed by atoms with Crippen LogP contribution in [0.5, 0.6) is 0 Å². The Balaban J connectivity index is 0.000000973. The number of ether oxygens (including phenoxy) is 1. The maximum Gasteiger partial charge on any atom is 0.290 e. The summed E-state index contributed by atoms with van der Waals surface area (Å²) in [6.07, 6.45) is 26.6. The molecule has 10 nitrogen and oxygen atoms in total. The maximum atomic E-state index is 12.3. The highest BCUT2D eigenvalue weighted by molar-refractivity contribution is 5.76. The Kier molecular flexibility index (Phi) is 25.7. The maximum absolute atomic E-state index is 12.3. The number of rotatable bonds is 7. The normalized spacial score (nSPS) is 31.4. The van der Waals surface area contributed by atoms with E-state index in [9.17, 15) is 14.4 Å². The molecule has 5 aliphatic rings. The number of aldehydes is 3. The van der Waals surface area contributed by atoms with Crippen molar-refractivity contribution in [1.29, 1.82) is 0 Å². The van der Waals surface area contributed by atoms with Crippen LogP contribution in [0.4, 0.5) is 0 Å². The zero-order valence-corrected chi connectivity index (χ0v) is 42.4. The number of hydrogen-bond acceptors (Lipinski definition) is 8. The molecule has 3 N–H and O–H groups in total. The predicted octanol–water partition coefficient (Wildman–Crippen LogP) is 11.2. The number of para-hydroxylation sites is 2. The van der Waals surface area contributed by atoms with Crippen molar-refractivity contribution in [2.24, 2.45) is 56.2 Å². The summed E-state index contributed by atoms with van der Waals surface area (Å²) in [5.41, 5.74) is 3.70. The molecule has 2 aromatic rings. The number of hydrogen-bond donors (Lipinski definition) is 3. The summed E-state index contributed by atoms with van der Waals surface area (Å²) in [5.74, 6) is 3.92. The van der Waals surface area contributed by atoms with Gasteiger partial charge in [-0.15, -0.1) is 12.8 Å². The molecule has 1 aromatic heterocycles. The second-order valence-electron chi connectivity index (χ2n) is 20.0. The average molecular weight is 882 g/mol. The van der Waals surface area contributed by atoms with Crippen molar-refractivity contribution in [2.75, 3.05) is 21.3 Å². The molecule has 0 radical (unpaired) electrons. The molecule has 8 unspecified atom stereocenters. The number of carbonyl (C=O) groups is 4. The van der Waals surface area contributed by atoms with Crippen molar-refractivity contribution < 1.29 is 34.1 Å². The lowest BCUT2D eigenvalue weighted by Gasteiger charge is -2.72. The average Bonchev–Trinajstić information content (AvgIpc) is 3.86. The number of aliphatic hydroxyl groups is 1. The Morgan fingerprint density at radius 1 is 0.810 bits per heavy atom. The van der Waals surface area contributed by atoms with Gasteiger partial charge >= 0.3 is 0 Å². The van der Waals surface area contributed by atoms with E-state index in [1.54, 1.807) is 0 Å². The van der Waals surface area contributed by atoms with Gasteiger partial charge in [0, 0.05) is 26.1 Å². The first-order chi connectivity index (χ1) is 29.9. The fourth-order valence-corrected chi connectivity index (χ4v) is 13.2. The molecule has 0 bridgehead atoms. The van der Waals surface area contributed by atoms with Gasteiger partial charge in [0.05, 0.1) is 30.2 Å². The van der Waals surface area contributed by atoms with E-state index < -0.39 is 0 Å². The molecular weight excluding hydrogens is 791 g/mol. The van der Waals surface area contributed by atoms with E-state index in [2.05, 4.69) is 57.8 Å². The first-order valence-electron chi connectivity index (χ1n) is 23.7. The van der Waals surface area contributed by atoms with Gasteiger partial charge in [-0.1, -0.05) is 102 Å². The van der Waals surface area contributed by atoms with Gasteiger partial charge in [0.1, 0.15) is 24.7 Å². The number of aromatic nitrogens is 2. The Labute approximate surface area is 383 Å². The minimum Gasteiger partial charge on any atom is -0.483 e. The minimum absolute atomic E-state index is 0.0347. The van der Waals surface area contributed by atoms with E-state index in [4.69, 9.17) is 19.7 Å². The third-order valence-electron chi connectivity index (χ3n) is 15.9. The smallest absolute Gasteiger partial charge is 0.290 e. The van der Waals surface area contributed by atoms with Crippen molar-refractivity contribution >= 4 is 36.4 Å². The largest absolute Gasteiger partial charge is 0.483 e. The number of aliphatic hydroxyl groups excluding tert-OH is 1. The summed E-state index contributed by atoms with van der Waals surface area (Å²) in [7, 11) is 4.79. The van der Waals surface area contributed by atoms with Gasteiger partial charge in [0.2, 0.25) is 0 Å². The molecule has 5 saturated carbocycles. The van der Waals surface area contributed by atoms with Gasteiger partial charge in [-0.05, 0) is 134 Å². The number of benzene rings is 1. The van der Waals surface area contributed by atoms with Crippen molar-refractivity contribution in [1.82, 2.24) is 14.9 Å². The van der Waals surface area contributed by atoms with Crippen LogP contribution in [0, 0.1) is 69.0 Å². The lowest BCUT2D eigenvalue weighted by molar-refractivity contribution is -0.245. The number of nitrogens with zero attached hydrogens (tertiary/aromatic N) is 2. The summed E-state index contributed by atoms with van der Waals surface area (Å²) < 4.78 is 7.93. The van der Waals surface area contributed by atoms with Gasteiger partial charge in [0.15, 0.2) is 0 Å². The molecule has 5 fully saturated rings. The highest BCUT2D eigenvalue weighted by atomic mass is 16.5. The Morgan fingerprint density at radius 2 is 1.41 bits per heavy atom. The topological polar surface area (TPSA) is 148 Å². The van der Waals surface area contributed by atoms with E-state index in [1.807, 2.05) is 91.5 Å². The Hall–Kier alpha value is -3.39. The first-order valence-corrected chi connectivity index (χ1v) is 23.7. The molecule has 1 heterocycles. The van der Waals surface area contributed by atoms with Crippen LogP contribution in [0.25, 0.3) is 11.0 Å². The van der Waals surface area contributed by atoms with E-state index in [1.165, 1.54) is 70.5 Å². The monoisotopic (exact) mass is 882 g/mol. The van der Waals surface area contributed by atoms with Crippen LogP contribution in [0.15, 0.2) is 24.3 Å². The number of carboxylic acid groups (broad SMARTS) is 1. The summed E-state index contributed by atoms with van der Waals surface area (Å²) in [5, 5.41) is 16.9. The number of nitrogens with one attached hydrogen (secondary N) is 1. The first kappa shape index (κ1) is 59.6. The molecular formula is C53H91N3O7. The zero-order valence-electron chi connectivity index (χ0n) is 42.4. The fraction of sp³-hybridized carbons (Fsp3) is 0.755. The summed E-state index contributed by atoms with van der Waals surface area (Å²) in [6.45, 7) is 27.9. The molecule has 0 saturated heterocycles. The van der Waals surface area contributed by atoms with E-state index >= 15 is 0 Å². The number of imidazole rings is 1. The third kappa shape index (κ3) is 12.9. The molecule has 1 aromatic carbocycles. The van der Waals surface area contributed by atoms with E-state index in [0.717, 1.165) is 60.7 Å². The number of carbonyl (C=O) groups excluding carboxylic acids is 3. The molecule has 9 atom stereocenters. The number of fused-ring (bicyclic) bond motifs is 8. The molecule has 5 aliphatic carbocycles. The Bertz CT molecular complexity index is 1660.